The van der Waals surface area contributed by atoms with Gasteiger partial charge < -0.3 is 15.4 Å². The minimum absolute atomic E-state index is 0.244. The summed E-state index contributed by atoms with van der Waals surface area (Å²) in [4.78, 5) is 7.16. The Morgan fingerprint density at radius 2 is 2.19 bits per heavy atom. The first-order valence-electron chi connectivity index (χ1n) is 7.64. The predicted octanol–water partition coefficient (Wildman–Crippen LogP) is 2.35. The zero-order valence-corrected chi connectivity index (χ0v) is 12.7. The van der Waals surface area contributed by atoms with Crippen molar-refractivity contribution in [2.75, 3.05) is 25.1 Å². The third-order valence-electron chi connectivity index (χ3n) is 4.36. The lowest BCUT2D eigenvalue weighted by atomic mass is 10.1. The Kier molecular flexibility index (Phi) is 4.08. The fourth-order valence-corrected chi connectivity index (χ4v) is 3.18. The van der Waals surface area contributed by atoms with Crippen LogP contribution in [0, 0.1) is 0 Å². The summed E-state index contributed by atoms with van der Waals surface area (Å²) in [5, 5.41) is 1.17. The second kappa shape index (κ2) is 6.00. The molecule has 1 aromatic carbocycles. The van der Waals surface area contributed by atoms with Gasteiger partial charge in [0.1, 0.15) is 5.82 Å². The molecule has 2 aromatic rings. The first kappa shape index (κ1) is 14.3. The van der Waals surface area contributed by atoms with Crippen LogP contribution in [0.25, 0.3) is 10.9 Å². The van der Waals surface area contributed by atoms with Crippen LogP contribution in [0.2, 0.25) is 0 Å². The highest BCUT2D eigenvalue weighted by Crippen LogP contribution is 2.28. The van der Waals surface area contributed by atoms with Crippen molar-refractivity contribution < 1.29 is 4.74 Å². The number of hydrogen-bond acceptors (Lipinski definition) is 4. The van der Waals surface area contributed by atoms with Crippen molar-refractivity contribution in [3.8, 4) is 0 Å². The van der Waals surface area contributed by atoms with E-state index in [1.165, 1.54) is 10.9 Å². The summed E-state index contributed by atoms with van der Waals surface area (Å²) in [6.07, 6.45) is 2.14. The van der Waals surface area contributed by atoms with E-state index in [2.05, 4.69) is 37.1 Å². The standard InChI is InChI=1S/C17H23N3O/c1-12-16(8-10-21-12)20(2)17-14(7-9-18)11-13-5-3-4-6-15(13)19-17/h3-6,11-12,16H,7-10,18H2,1-2H3. The molecule has 2 N–H and O–H groups in total. The molecule has 1 aliphatic rings. The normalized spacial score (nSPS) is 21.9. The number of ether oxygens (including phenoxy) is 1. The number of likely N-dealkylation sites (N-methyl/N-ethyl adjacent to an activating group) is 1. The van der Waals surface area contributed by atoms with Crippen molar-refractivity contribution in [1.82, 2.24) is 4.98 Å². The van der Waals surface area contributed by atoms with Crippen molar-refractivity contribution in [1.29, 1.82) is 0 Å². The number of fused-ring (bicyclic) bond motifs is 1. The van der Waals surface area contributed by atoms with Crippen LogP contribution in [-0.4, -0.2) is 37.3 Å². The number of hydrogen-bond donors (Lipinski definition) is 1. The van der Waals surface area contributed by atoms with E-state index in [1.54, 1.807) is 0 Å². The third kappa shape index (κ3) is 2.74. The summed E-state index contributed by atoms with van der Waals surface area (Å²) in [5.74, 6) is 1.04. The van der Waals surface area contributed by atoms with Gasteiger partial charge in [0.05, 0.1) is 17.7 Å². The summed E-state index contributed by atoms with van der Waals surface area (Å²) in [5.41, 5.74) is 8.04. The van der Waals surface area contributed by atoms with Crippen LogP contribution in [-0.2, 0) is 11.2 Å². The van der Waals surface area contributed by atoms with Crippen LogP contribution in [0.15, 0.2) is 30.3 Å². The second-order valence-corrected chi connectivity index (χ2v) is 5.75. The van der Waals surface area contributed by atoms with Crippen LogP contribution >= 0.6 is 0 Å². The maximum Gasteiger partial charge on any atom is 0.132 e. The summed E-state index contributed by atoms with van der Waals surface area (Å²) in [6.45, 7) is 3.60. The molecule has 0 aliphatic carbocycles. The molecule has 4 nitrogen and oxygen atoms in total. The first-order chi connectivity index (χ1) is 10.2. The van der Waals surface area contributed by atoms with Crippen LogP contribution < -0.4 is 10.6 Å². The molecular weight excluding hydrogens is 262 g/mol. The van der Waals surface area contributed by atoms with Crippen molar-refractivity contribution >= 4 is 16.7 Å². The molecule has 1 aliphatic heterocycles. The van der Waals surface area contributed by atoms with Crippen molar-refractivity contribution in [2.45, 2.75) is 31.9 Å². The molecule has 1 aromatic heterocycles. The van der Waals surface area contributed by atoms with Gasteiger partial charge in [-0.1, -0.05) is 18.2 Å². The van der Waals surface area contributed by atoms with E-state index < -0.39 is 0 Å². The van der Waals surface area contributed by atoms with Gasteiger partial charge in [0.15, 0.2) is 0 Å². The molecule has 112 valence electrons. The van der Waals surface area contributed by atoms with E-state index in [1.807, 2.05) is 12.1 Å². The molecular formula is C17H23N3O. The monoisotopic (exact) mass is 285 g/mol. The Hall–Kier alpha value is -1.65. The van der Waals surface area contributed by atoms with Gasteiger partial charge in [0, 0.05) is 19.0 Å². The molecule has 21 heavy (non-hydrogen) atoms. The number of para-hydroxylation sites is 1. The number of pyridine rings is 1. The van der Waals surface area contributed by atoms with Crippen molar-refractivity contribution in [3.63, 3.8) is 0 Å². The molecule has 2 atom stereocenters. The minimum Gasteiger partial charge on any atom is -0.376 e. The van der Waals surface area contributed by atoms with Crippen molar-refractivity contribution in [3.05, 3.63) is 35.9 Å². The Morgan fingerprint density at radius 1 is 1.38 bits per heavy atom. The number of rotatable bonds is 4. The molecule has 0 amide bonds. The molecule has 0 bridgehead atoms. The maximum absolute atomic E-state index is 5.78. The third-order valence-corrected chi connectivity index (χ3v) is 4.36. The summed E-state index contributed by atoms with van der Waals surface area (Å²) >= 11 is 0. The molecule has 1 saturated heterocycles. The number of aromatic nitrogens is 1. The molecule has 2 unspecified atom stereocenters. The highest BCUT2D eigenvalue weighted by Gasteiger charge is 2.29. The molecule has 4 heteroatoms. The van der Waals surface area contributed by atoms with E-state index in [0.29, 0.717) is 12.6 Å². The summed E-state index contributed by atoms with van der Waals surface area (Å²) < 4.78 is 5.70. The molecule has 0 saturated carbocycles. The highest BCUT2D eigenvalue weighted by atomic mass is 16.5. The van der Waals surface area contributed by atoms with Crippen LogP contribution in [0.3, 0.4) is 0 Å². The molecule has 3 rings (SSSR count). The lowest BCUT2D eigenvalue weighted by Gasteiger charge is -2.29. The largest absolute Gasteiger partial charge is 0.376 e. The van der Waals surface area contributed by atoms with E-state index in [4.69, 9.17) is 15.5 Å². The zero-order valence-electron chi connectivity index (χ0n) is 12.7. The topological polar surface area (TPSA) is 51.4 Å². The van der Waals surface area contributed by atoms with Crippen molar-refractivity contribution in [2.24, 2.45) is 5.73 Å². The van der Waals surface area contributed by atoms with E-state index in [9.17, 15) is 0 Å². The Balaban J connectivity index is 2.04. The number of nitrogens with zero attached hydrogens (tertiary/aromatic N) is 2. The maximum atomic E-state index is 5.78. The van der Waals surface area contributed by atoms with Gasteiger partial charge in [-0.2, -0.15) is 0 Å². The lowest BCUT2D eigenvalue weighted by molar-refractivity contribution is 0.118. The number of nitrogens with two attached hydrogens (primary N) is 1. The van der Waals surface area contributed by atoms with Gasteiger partial charge in [-0.15, -0.1) is 0 Å². The Morgan fingerprint density at radius 3 is 2.90 bits per heavy atom. The van der Waals surface area contributed by atoms with Crippen LogP contribution in [0.1, 0.15) is 18.9 Å². The fourth-order valence-electron chi connectivity index (χ4n) is 3.18. The SMILES string of the molecule is CC1OCCC1N(C)c1nc2ccccc2cc1CCN. The summed E-state index contributed by atoms with van der Waals surface area (Å²) in [6, 6.07) is 10.9. The van der Waals surface area contributed by atoms with Crippen LogP contribution in [0.5, 0.6) is 0 Å². The minimum atomic E-state index is 0.244. The summed E-state index contributed by atoms with van der Waals surface area (Å²) in [7, 11) is 2.12. The number of benzene rings is 1. The first-order valence-corrected chi connectivity index (χ1v) is 7.64. The Labute approximate surface area is 125 Å². The van der Waals surface area contributed by atoms with E-state index >= 15 is 0 Å². The second-order valence-electron chi connectivity index (χ2n) is 5.75. The quantitative estimate of drug-likeness (QED) is 0.937. The van der Waals surface area contributed by atoms with E-state index in [-0.39, 0.29) is 6.10 Å². The number of anilines is 1. The smallest absolute Gasteiger partial charge is 0.132 e. The van der Waals surface area contributed by atoms with Gasteiger partial charge >= 0.3 is 0 Å². The van der Waals surface area contributed by atoms with Gasteiger partial charge in [-0.25, -0.2) is 4.98 Å². The molecule has 1 fully saturated rings. The average Bonchev–Trinajstić information content (AvgIpc) is 2.92. The van der Waals surface area contributed by atoms with Gasteiger partial charge in [-0.3, -0.25) is 0 Å². The average molecular weight is 285 g/mol. The van der Waals surface area contributed by atoms with Gasteiger partial charge in [0.2, 0.25) is 0 Å². The zero-order chi connectivity index (χ0) is 14.8. The van der Waals surface area contributed by atoms with Gasteiger partial charge in [0.25, 0.3) is 0 Å². The molecule has 0 radical (unpaired) electrons. The Bertz CT molecular complexity index is 628. The predicted molar refractivity (Wildman–Crippen MR) is 86.7 cm³/mol. The van der Waals surface area contributed by atoms with E-state index in [0.717, 1.165) is 30.8 Å². The fraction of sp³-hybridized carbons (Fsp3) is 0.471. The lowest BCUT2D eigenvalue weighted by Crippen LogP contribution is -2.38. The molecule has 0 spiro atoms. The highest BCUT2D eigenvalue weighted by molar-refractivity contribution is 5.81. The van der Waals surface area contributed by atoms with Gasteiger partial charge in [-0.05, 0) is 44.0 Å². The molecule has 2 heterocycles. The van der Waals surface area contributed by atoms with Crippen LogP contribution in [0.4, 0.5) is 5.82 Å².